The third-order valence-corrected chi connectivity index (χ3v) is 1.89. The van der Waals surface area contributed by atoms with Gasteiger partial charge in [0.15, 0.2) is 0 Å². The number of aliphatic hydroxyl groups excluding tert-OH is 1. The molecule has 0 aromatic heterocycles. The van der Waals surface area contributed by atoms with Crippen molar-refractivity contribution < 1.29 is 5.11 Å². The quantitative estimate of drug-likeness (QED) is 0.550. The maximum absolute atomic E-state index is 8.53. The molecule has 0 saturated carbocycles. The molecule has 74 valence electrons. The molecular formula is C10H23NO. The molecule has 0 aliphatic heterocycles. The average Bonchev–Trinajstić information content (AvgIpc) is 2.02. The van der Waals surface area contributed by atoms with Gasteiger partial charge in [0.2, 0.25) is 0 Å². The van der Waals surface area contributed by atoms with Crippen molar-refractivity contribution in [2.45, 2.75) is 52.0 Å². The van der Waals surface area contributed by atoms with Crippen LogP contribution in [-0.2, 0) is 0 Å². The van der Waals surface area contributed by atoms with Crippen molar-refractivity contribution in [2.24, 2.45) is 0 Å². The lowest BCUT2D eigenvalue weighted by molar-refractivity contribution is 0.282. The summed E-state index contributed by atoms with van der Waals surface area (Å²) in [5, 5.41) is 11.9. The SMILES string of the molecule is CC(C)NCCCCCCCO. The van der Waals surface area contributed by atoms with Gasteiger partial charge in [0.25, 0.3) is 0 Å². The molecule has 0 aliphatic carbocycles. The minimum absolute atomic E-state index is 0.351. The van der Waals surface area contributed by atoms with Crippen LogP contribution in [0.15, 0.2) is 0 Å². The molecule has 0 spiro atoms. The van der Waals surface area contributed by atoms with E-state index >= 15 is 0 Å². The predicted octanol–water partition coefficient (Wildman–Crippen LogP) is 1.93. The molecule has 0 radical (unpaired) electrons. The van der Waals surface area contributed by atoms with Crippen LogP contribution in [-0.4, -0.2) is 24.3 Å². The zero-order valence-corrected chi connectivity index (χ0v) is 8.47. The van der Waals surface area contributed by atoms with Gasteiger partial charge in [-0.3, -0.25) is 0 Å². The average molecular weight is 173 g/mol. The van der Waals surface area contributed by atoms with Gasteiger partial charge >= 0.3 is 0 Å². The summed E-state index contributed by atoms with van der Waals surface area (Å²) in [5.74, 6) is 0. The second-order valence-corrected chi connectivity index (χ2v) is 3.60. The Morgan fingerprint density at radius 1 is 1.00 bits per heavy atom. The zero-order chi connectivity index (χ0) is 9.23. The summed E-state index contributed by atoms with van der Waals surface area (Å²) >= 11 is 0. The predicted molar refractivity (Wildman–Crippen MR) is 53.3 cm³/mol. The maximum Gasteiger partial charge on any atom is 0.0431 e. The molecule has 0 saturated heterocycles. The van der Waals surface area contributed by atoms with Gasteiger partial charge in [0, 0.05) is 12.6 Å². The Kier molecular flexibility index (Phi) is 8.95. The van der Waals surface area contributed by atoms with Gasteiger partial charge in [-0.2, -0.15) is 0 Å². The van der Waals surface area contributed by atoms with Gasteiger partial charge in [-0.05, 0) is 19.4 Å². The van der Waals surface area contributed by atoms with Crippen LogP contribution < -0.4 is 5.32 Å². The van der Waals surface area contributed by atoms with Gasteiger partial charge in [-0.15, -0.1) is 0 Å². The molecule has 0 rings (SSSR count). The van der Waals surface area contributed by atoms with Crippen molar-refractivity contribution in [3.8, 4) is 0 Å². The van der Waals surface area contributed by atoms with Crippen molar-refractivity contribution >= 4 is 0 Å². The van der Waals surface area contributed by atoms with Crippen LogP contribution >= 0.6 is 0 Å². The number of hydrogen-bond acceptors (Lipinski definition) is 2. The molecule has 0 unspecified atom stereocenters. The Bertz CT molecular complexity index is 83.9. The van der Waals surface area contributed by atoms with Gasteiger partial charge < -0.3 is 10.4 Å². The lowest BCUT2D eigenvalue weighted by atomic mass is 10.1. The van der Waals surface area contributed by atoms with Crippen molar-refractivity contribution in [3.05, 3.63) is 0 Å². The van der Waals surface area contributed by atoms with Gasteiger partial charge in [0.1, 0.15) is 0 Å². The van der Waals surface area contributed by atoms with Crippen LogP contribution in [0.25, 0.3) is 0 Å². The van der Waals surface area contributed by atoms with E-state index in [0.29, 0.717) is 12.6 Å². The molecule has 2 N–H and O–H groups in total. The summed E-state index contributed by atoms with van der Waals surface area (Å²) < 4.78 is 0. The highest BCUT2D eigenvalue weighted by Crippen LogP contribution is 2.01. The van der Waals surface area contributed by atoms with Crippen molar-refractivity contribution in [1.82, 2.24) is 5.32 Å². The van der Waals surface area contributed by atoms with E-state index in [4.69, 9.17) is 5.11 Å². The lowest BCUT2D eigenvalue weighted by Crippen LogP contribution is -2.23. The van der Waals surface area contributed by atoms with Crippen molar-refractivity contribution in [1.29, 1.82) is 0 Å². The summed E-state index contributed by atoms with van der Waals surface area (Å²) in [6, 6.07) is 0.613. The van der Waals surface area contributed by atoms with Gasteiger partial charge in [-0.25, -0.2) is 0 Å². The highest BCUT2D eigenvalue weighted by Gasteiger charge is 1.92. The zero-order valence-electron chi connectivity index (χ0n) is 8.47. The van der Waals surface area contributed by atoms with E-state index in [9.17, 15) is 0 Å². The van der Waals surface area contributed by atoms with E-state index in [1.165, 1.54) is 25.7 Å². The first-order valence-corrected chi connectivity index (χ1v) is 5.11. The summed E-state index contributed by atoms with van der Waals surface area (Å²) in [6.07, 6.45) is 5.97. The normalized spacial score (nSPS) is 11.0. The highest BCUT2D eigenvalue weighted by molar-refractivity contribution is 4.52. The minimum Gasteiger partial charge on any atom is -0.396 e. The second-order valence-electron chi connectivity index (χ2n) is 3.60. The van der Waals surface area contributed by atoms with Gasteiger partial charge in [0.05, 0.1) is 0 Å². The molecule has 2 heteroatoms. The molecule has 0 fully saturated rings. The molecule has 0 bridgehead atoms. The highest BCUT2D eigenvalue weighted by atomic mass is 16.2. The Balaban J connectivity index is 2.82. The Hall–Kier alpha value is -0.0800. The number of hydrogen-bond donors (Lipinski definition) is 2. The largest absolute Gasteiger partial charge is 0.396 e. The van der Waals surface area contributed by atoms with Crippen LogP contribution in [0.5, 0.6) is 0 Å². The standard InChI is InChI=1S/C10H23NO/c1-10(2)11-8-6-4-3-5-7-9-12/h10-12H,3-9H2,1-2H3. The molecule has 2 nitrogen and oxygen atoms in total. The summed E-state index contributed by atoms with van der Waals surface area (Å²) in [7, 11) is 0. The third-order valence-electron chi connectivity index (χ3n) is 1.89. The molecule has 0 aromatic rings. The first-order valence-electron chi connectivity index (χ1n) is 5.11. The molecule has 0 atom stereocenters. The van der Waals surface area contributed by atoms with Crippen LogP contribution in [0.4, 0.5) is 0 Å². The Labute approximate surface area is 76.4 Å². The lowest BCUT2D eigenvalue weighted by Gasteiger charge is -2.06. The molecule has 0 aromatic carbocycles. The van der Waals surface area contributed by atoms with E-state index < -0.39 is 0 Å². The van der Waals surface area contributed by atoms with Crippen LogP contribution in [0.3, 0.4) is 0 Å². The topological polar surface area (TPSA) is 32.3 Å². The molecular weight excluding hydrogens is 150 g/mol. The first-order chi connectivity index (χ1) is 5.77. The number of aliphatic hydroxyl groups is 1. The van der Waals surface area contributed by atoms with E-state index in [1.807, 2.05) is 0 Å². The van der Waals surface area contributed by atoms with E-state index in [1.54, 1.807) is 0 Å². The second kappa shape index (κ2) is 9.01. The van der Waals surface area contributed by atoms with Crippen molar-refractivity contribution in [3.63, 3.8) is 0 Å². The fourth-order valence-electron chi connectivity index (χ4n) is 1.16. The van der Waals surface area contributed by atoms with Crippen LogP contribution in [0.1, 0.15) is 46.0 Å². The Morgan fingerprint density at radius 2 is 1.58 bits per heavy atom. The maximum atomic E-state index is 8.53. The summed E-state index contributed by atoms with van der Waals surface area (Å²) in [5.41, 5.74) is 0. The first kappa shape index (κ1) is 11.9. The molecule has 0 aliphatic rings. The van der Waals surface area contributed by atoms with E-state index in [2.05, 4.69) is 19.2 Å². The van der Waals surface area contributed by atoms with Crippen LogP contribution in [0.2, 0.25) is 0 Å². The van der Waals surface area contributed by atoms with E-state index in [-0.39, 0.29) is 0 Å². The number of unbranched alkanes of at least 4 members (excludes halogenated alkanes) is 4. The summed E-state index contributed by atoms with van der Waals surface area (Å²) in [4.78, 5) is 0. The minimum atomic E-state index is 0.351. The Morgan fingerprint density at radius 3 is 2.17 bits per heavy atom. The van der Waals surface area contributed by atoms with Crippen LogP contribution in [0, 0.1) is 0 Å². The monoisotopic (exact) mass is 173 g/mol. The van der Waals surface area contributed by atoms with Gasteiger partial charge in [-0.1, -0.05) is 33.1 Å². The van der Waals surface area contributed by atoms with Crippen molar-refractivity contribution in [2.75, 3.05) is 13.2 Å². The fourth-order valence-corrected chi connectivity index (χ4v) is 1.16. The molecule has 0 heterocycles. The molecule has 12 heavy (non-hydrogen) atoms. The summed E-state index contributed by atoms with van der Waals surface area (Å²) in [6.45, 7) is 5.83. The fraction of sp³-hybridized carbons (Fsp3) is 1.00. The molecule has 0 amide bonds. The number of nitrogens with one attached hydrogen (secondary N) is 1. The van der Waals surface area contributed by atoms with E-state index in [0.717, 1.165) is 13.0 Å². The number of rotatable bonds is 8. The third kappa shape index (κ3) is 9.92. The smallest absolute Gasteiger partial charge is 0.0431 e.